The summed E-state index contributed by atoms with van der Waals surface area (Å²) in [5, 5.41) is 20.7. The molecule has 6 nitrogen and oxygen atoms in total. The van der Waals surface area contributed by atoms with Gasteiger partial charge in [-0.3, -0.25) is 4.79 Å². The van der Waals surface area contributed by atoms with E-state index in [1.807, 2.05) is 6.07 Å². The summed E-state index contributed by atoms with van der Waals surface area (Å²) in [6.45, 7) is 4.76. The fourth-order valence-corrected chi connectivity index (χ4v) is 5.33. The number of hydrogen-bond acceptors (Lipinski definition) is 5. The largest absolute Gasteiger partial charge is 0.480 e. The van der Waals surface area contributed by atoms with Gasteiger partial charge in [-0.05, 0) is 41.7 Å². The second kappa shape index (κ2) is 9.91. The van der Waals surface area contributed by atoms with E-state index in [4.69, 9.17) is 11.6 Å². The molecule has 0 aliphatic carbocycles. The Morgan fingerprint density at radius 3 is 2.32 bits per heavy atom. The SMILES string of the molecule is CC(C)(C)C[C@@H]1N(C(F)(F)C(=O)OF)[C@@H](C(=O)O)[C@H](c2cccc(F)c2)[C@@]1(C#N)c1ccc(Cl)cc1F. The minimum atomic E-state index is -4.92. The van der Waals surface area contributed by atoms with Crippen LogP contribution in [0.5, 0.6) is 0 Å². The summed E-state index contributed by atoms with van der Waals surface area (Å²) in [4.78, 5) is 27.2. The summed E-state index contributed by atoms with van der Waals surface area (Å²) in [5.74, 6) is -8.51. The van der Waals surface area contributed by atoms with Crippen molar-refractivity contribution in [2.24, 2.45) is 5.41 Å². The fourth-order valence-electron chi connectivity index (χ4n) is 5.17. The lowest BCUT2D eigenvalue weighted by Gasteiger charge is -2.40. The molecule has 0 amide bonds. The van der Waals surface area contributed by atoms with Crippen molar-refractivity contribution in [3.8, 4) is 6.07 Å². The van der Waals surface area contributed by atoms with Crippen LogP contribution in [0, 0.1) is 28.4 Å². The van der Waals surface area contributed by atoms with Crippen molar-refractivity contribution < 1.29 is 41.7 Å². The van der Waals surface area contributed by atoms with Gasteiger partial charge in [0, 0.05) is 27.1 Å². The van der Waals surface area contributed by atoms with E-state index in [0.29, 0.717) is 0 Å². The van der Waals surface area contributed by atoms with Crippen molar-refractivity contribution in [3.63, 3.8) is 0 Å². The van der Waals surface area contributed by atoms with Crippen LogP contribution in [0.1, 0.15) is 44.2 Å². The van der Waals surface area contributed by atoms with Gasteiger partial charge in [0.25, 0.3) is 0 Å². The van der Waals surface area contributed by atoms with Crippen molar-refractivity contribution in [3.05, 3.63) is 70.2 Å². The van der Waals surface area contributed by atoms with Crippen LogP contribution in [0.3, 0.4) is 0 Å². The van der Waals surface area contributed by atoms with Crippen LogP contribution in [0.15, 0.2) is 42.5 Å². The monoisotopic (exact) mass is 544 g/mol. The number of carbonyl (C=O) groups excluding carboxylic acids is 1. The van der Waals surface area contributed by atoms with Gasteiger partial charge in [0.2, 0.25) is 0 Å². The summed E-state index contributed by atoms with van der Waals surface area (Å²) in [6.07, 6.45) is -0.395. The molecule has 4 atom stereocenters. The Kier molecular flexibility index (Phi) is 7.59. The first kappa shape index (κ1) is 28.3. The molecule has 37 heavy (non-hydrogen) atoms. The predicted molar refractivity (Wildman–Crippen MR) is 121 cm³/mol. The Morgan fingerprint density at radius 2 is 1.84 bits per heavy atom. The van der Waals surface area contributed by atoms with E-state index in [9.17, 15) is 28.9 Å². The highest BCUT2D eigenvalue weighted by molar-refractivity contribution is 6.30. The number of nitrogens with zero attached hydrogens (tertiary/aromatic N) is 2. The van der Waals surface area contributed by atoms with E-state index in [0.717, 1.165) is 24.3 Å². The van der Waals surface area contributed by atoms with E-state index >= 15 is 13.2 Å². The minimum Gasteiger partial charge on any atom is -0.480 e. The first-order chi connectivity index (χ1) is 17.1. The maximum atomic E-state index is 15.5. The molecule has 2 aromatic rings. The zero-order valence-corrected chi connectivity index (χ0v) is 20.6. The lowest BCUT2D eigenvalue weighted by Crippen LogP contribution is -2.58. The third-order valence-corrected chi connectivity index (χ3v) is 6.67. The van der Waals surface area contributed by atoms with Crippen molar-refractivity contribution in [1.29, 1.82) is 5.26 Å². The molecular formula is C25H22ClF5N2O4. The number of carboxylic acid groups (broad SMARTS) is 1. The van der Waals surface area contributed by atoms with E-state index < -0.39 is 70.4 Å². The lowest BCUT2D eigenvalue weighted by atomic mass is 9.62. The average Bonchev–Trinajstić information content (AvgIpc) is 3.08. The number of nitriles is 1. The normalized spacial score (nSPS) is 24.5. The van der Waals surface area contributed by atoms with Crippen molar-refractivity contribution in [2.45, 2.75) is 56.7 Å². The molecule has 1 aliphatic heterocycles. The Bertz CT molecular complexity index is 1260. The van der Waals surface area contributed by atoms with E-state index in [-0.39, 0.29) is 15.5 Å². The van der Waals surface area contributed by atoms with Crippen molar-refractivity contribution in [1.82, 2.24) is 4.90 Å². The highest BCUT2D eigenvalue weighted by atomic mass is 35.5. The molecule has 1 aliphatic rings. The highest BCUT2D eigenvalue weighted by Gasteiger charge is 2.71. The van der Waals surface area contributed by atoms with Crippen LogP contribution >= 0.6 is 11.6 Å². The summed E-state index contributed by atoms with van der Waals surface area (Å²) in [7, 11) is 0. The summed E-state index contributed by atoms with van der Waals surface area (Å²) >= 11 is 5.87. The first-order valence-corrected chi connectivity index (χ1v) is 11.3. The van der Waals surface area contributed by atoms with Crippen LogP contribution in [-0.2, 0) is 19.9 Å². The number of carboxylic acids is 1. The Labute approximate surface area is 214 Å². The molecule has 0 bridgehead atoms. The number of carbonyl (C=O) groups is 2. The van der Waals surface area contributed by atoms with E-state index in [2.05, 4.69) is 4.94 Å². The average molecular weight is 545 g/mol. The predicted octanol–water partition coefficient (Wildman–Crippen LogP) is 5.76. The maximum Gasteiger partial charge on any atom is 0.434 e. The number of likely N-dealkylation sites (tertiary alicyclic amines) is 1. The Balaban J connectivity index is 2.54. The Hall–Kier alpha value is -3.23. The van der Waals surface area contributed by atoms with Gasteiger partial charge in [0.15, 0.2) is 0 Å². The summed E-state index contributed by atoms with van der Waals surface area (Å²) in [5.41, 5.74) is -4.09. The zero-order chi connectivity index (χ0) is 27.9. The van der Waals surface area contributed by atoms with Crippen LogP contribution in [-0.4, -0.2) is 40.1 Å². The highest BCUT2D eigenvalue weighted by Crippen LogP contribution is 2.58. The molecule has 1 N–H and O–H groups in total. The molecular weight excluding hydrogens is 523 g/mol. The van der Waals surface area contributed by atoms with E-state index in [1.54, 1.807) is 20.8 Å². The molecule has 198 valence electrons. The molecule has 0 radical (unpaired) electrons. The van der Waals surface area contributed by atoms with Gasteiger partial charge < -0.3 is 5.11 Å². The Morgan fingerprint density at radius 1 is 1.19 bits per heavy atom. The van der Waals surface area contributed by atoms with E-state index in [1.165, 1.54) is 18.2 Å². The topological polar surface area (TPSA) is 90.6 Å². The third-order valence-electron chi connectivity index (χ3n) is 6.44. The van der Waals surface area contributed by atoms with Gasteiger partial charge in [-0.1, -0.05) is 50.6 Å². The molecule has 0 spiro atoms. The summed E-state index contributed by atoms with van der Waals surface area (Å²) < 4.78 is 73.7. The van der Waals surface area contributed by atoms with Crippen LogP contribution in [0.2, 0.25) is 5.02 Å². The smallest absolute Gasteiger partial charge is 0.434 e. The molecule has 3 rings (SSSR count). The minimum absolute atomic E-state index is 0.0972. The second-order valence-corrected chi connectivity index (χ2v) is 10.5. The third kappa shape index (κ3) is 4.88. The number of aliphatic carboxylic acids is 1. The molecule has 1 fully saturated rings. The number of benzene rings is 2. The number of rotatable bonds is 6. The van der Waals surface area contributed by atoms with Gasteiger partial charge in [0.1, 0.15) is 23.1 Å². The number of hydrogen-bond donors (Lipinski definition) is 1. The lowest BCUT2D eigenvalue weighted by molar-refractivity contribution is -0.245. The van der Waals surface area contributed by atoms with Crippen molar-refractivity contribution in [2.75, 3.05) is 0 Å². The number of alkyl halides is 2. The maximum absolute atomic E-state index is 15.5. The standard InChI is InChI=1S/C25H22ClF5N2O4/c1-23(2,3)11-18-24(12-32,16-8-7-14(26)10-17(16)28)19(13-5-4-6-15(27)9-13)20(21(34)35)33(18)25(29,30)22(36)37-31/h4-10,18-20H,11H2,1-3H3,(H,34,35)/t18-,19-,20+,24-/m0/s1. The van der Waals surface area contributed by atoms with Gasteiger partial charge in [0.05, 0.1) is 6.07 Å². The quantitative estimate of drug-likeness (QED) is 0.367. The van der Waals surface area contributed by atoms with Gasteiger partial charge >= 0.3 is 18.0 Å². The molecule has 2 aromatic carbocycles. The molecule has 0 aromatic heterocycles. The van der Waals surface area contributed by atoms with Gasteiger partial charge in [-0.2, -0.15) is 14.0 Å². The summed E-state index contributed by atoms with van der Waals surface area (Å²) in [6, 6.07) is -0.129. The molecule has 1 heterocycles. The zero-order valence-electron chi connectivity index (χ0n) is 19.8. The van der Waals surface area contributed by atoms with Crippen LogP contribution in [0.4, 0.5) is 22.1 Å². The van der Waals surface area contributed by atoms with Crippen molar-refractivity contribution >= 4 is 23.5 Å². The molecule has 0 unspecified atom stereocenters. The first-order valence-electron chi connectivity index (χ1n) is 11.0. The van der Waals surface area contributed by atoms with Crippen LogP contribution in [0.25, 0.3) is 0 Å². The van der Waals surface area contributed by atoms with Gasteiger partial charge in [-0.25, -0.2) is 23.4 Å². The molecule has 1 saturated heterocycles. The van der Waals surface area contributed by atoms with Gasteiger partial charge in [-0.15, -0.1) is 0 Å². The molecule has 12 heteroatoms. The molecule has 0 saturated carbocycles. The fraction of sp³-hybridized carbons (Fsp3) is 0.400. The van der Waals surface area contributed by atoms with Crippen LogP contribution < -0.4 is 0 Å². The number of halogens is 6. The second-order valence-electron chi connectivity index (χ2n) is 10.0.